The number of hydrogen-bond donors (Lipinski definition) is 1. The Balaban J connectivity index is 1.97. The molecule has 1 atom stereocenters. The summed E-state index contributed by atoms with van der Waals surface area (Å²) in [7, 11) is 1.91. The van der Waals surface area contributed by atoms with Gasteiger partial charge >= 0.3 is 0 Å². The van der Waals surface area contributed by atoms with Gasteiger partial charge in [0.15, 0.2) is 0 Å². The van der Waals surface area contributed by atoms with Gasteiger partial charge in [0.05, 0.1) is 10.5 Å². The zero-order valence-corrected chi connectivity index (χ0v) is 13.7. The van der Waals surface area contributed by atoms with Crippen molar-refractivity contribution in [3.8, 4) is 0 Å². The Morgan fingerprint density at radius 2 is 1.95 bits per heavy atom. The Morgan fingerprint density at radius 1 is 1.19 bits per heavy atom. The van der Waals surface area contributed by atoms with Gasteiger partial charge in [0.1, 0.15) is 5.82 Å². The van der Waals surface area contributed by atoms with Gasteiger partial charge in [-0.1, -0.05) is 42.8 Å². The molecule has 2 aromatic rings. The van der Waals surface area contributed by atoms with E-state index in [2.05, 4.69) is 45.5 Å². The molecule has 1 N–H and O–H groups in total. The third-order valence-corrected chi connectivity index (χ3v) is 5.24. The van der Waals surface area contributed by atoms with Gasteiger partial charge in [-0.05, 0) is 64.5 Å². The van der Waals surface area contributed by atoms with Crippen LogP contribution in [0, 0.1) is 5.82 Å². The second kappa shape index (κ2) is 6.29. The molecule has 0 bridgehead atoms. The average Bonchev–Trinajstić information content (AvgIpc) is 2.43. The minimum atomic E-state index is -0.220. The van der Waals surface area contributed by atoms with Gasteiger partial charge in [-0.15, -0.1) is 0 Å². The zero-order valence-electron chi connectivity index (χ0n) is 12.1. The predicted molar refractivity (Wildman–Crippen MR) is 88.0 cm³/mol. The molecule has 1 nitrogen and oxygen atoms in total. The summed E-state index contributed by atoms with van der Waals surface area (Å²) < 4.78 is 14.3. The summed E-state index contributed by atoms with van der Waals surface area (Å²) in [5.74, 6) is 0.487. The van der Waals surface area contributed by atoms with E-state index in [-0.39, 0.29) is 11.9 Å². The van der Waals surface area contributed by atoms with Crippen LogP contribution in [-0.4, -0.2) is 7.05 Å². The molecule has 3 rings (SSSR count). The number of benzene rings is 2. The van der Waals surface area contributed by atoms with Crippen LogP contribution < -0.4 is 5.32 Å². The van der Waals surface area contributed by atoms with E-state index in [0.717, 1.165) is 5.56 Å². The first kappa shape index (κ1) is 14.7. The molecule has 1 unspecified atom stereocenters. The maximum Gasteiger partial charge on any atom is 0.137 e. The zero-order chi connectivity index (χ0) is 14.8. The smallest absolute Gasteiger partial charge is 0.137 e. The van der Waals surface area contributed by atoms with E-state index >= 15 is 0 Å². The monoisotopic (exact) mass is 347 g/mol. The maximum atomic E-state index is 13.8. The van der Waals surface area contributed by atoms with Crippen molar-refractivity contribution in [1.29, 1.82) is 0 Å². The van der Waals surface area contributed by atoms with E-state index in [9.17, 15) is 4.39 Å². The summed E-state index contributed by atoms with van der Waals surface area (Å²) in [6, 6.07) is 13.9. The van der Waals surface area contributed by atoms with Gasteiger partial charge in [0.2, 0.25) is 0 Å². The second-order valence-electron chi connectivity index (χ2n) is 5.66. The molecule has 1 aliphatic rings. The minimum absolute atomic E-state index is 0.00454. The first-order valence-corrected chi connectivity index (χ1v) is 8.21. The fourth-order valence-electron chi connectivity index (χ4n) is 2.98. The normalized spacial score (nSPS) is 16.5. The molecule has 3 heteroatoms. The summed E-state index contributed by atoms with van der Waals surface area (Å²) in [5, 5.41) is 3.31. The van der Waals surface area contributed by atoms with E-state index in [1.165, 1.54) is 36.5 Å². The maximum absolute atomic E-state index is 13.8. The van der Waals surface area contributed by atoms with Gasteiger partial charge in [0, 0.05) is 0 Å². The van der Waals surface area contributed by atoms with Crippen molar-refractivity contribution in [2.45, 2.75) is 31.2 Å². The largest absolute Gasteiger partial charge is 0.309 e. The van der Waals surface area contributed by atoms with Gasteiger partial charge < -0.3 is 5.32 Å². The van der Waals surface area contributed by atoms with Crippen molar-refractivity contribution in [1.82, 2.24) is 5.32 Å². The van der Waals surface area contributed by atoms with Crippen LogP contribution >= 0.6 is 15.9 Å². The molecule has 0 spiro atoms. The Bertz CT molecular complexity index is 637. The third-order valence-electron chi connectivity index (χ3n) is 4.40. The lowest BCUT2D eigenvalue weighted by atomic mass is 9.79. The van der Waals surface area contributed by atoms with Crippen molar-refractivity contribution in [3.05, 3.63) is 69.4 Å². The third kappa shape index (κ3) is 2.90. The van der Waals surface area contributed by atoms with E-state index in [1.54, 1.807) is 6.07 Å². The summed E-state index contributed by atoms with van der Waals surface area (Å²) in [6.45, 7) is 0. The molecule has 1 saturated carbocycles. The lowest BCUT2D eigenvalue weighted by Crippen LogP contribution is -2.19. The van der Waals surface area contributed by atoms with Crippen LogP contribution in [0.2, 0.25) is 0 Å². The predicted octanol–water partition coefficient (Wildman–Crippen LogP) is 5.16. The minimum Gasteiger partial charge on any atom is -0.309 e. The highest BCUT2D eigenvalue weighted by Crippen LogP contribution is 2.38. The quantitative estimate of drug-likeness (QED) is 0.804. The summed E-state index contributed by atoms with van der Waals surface area (Å²) in [5.41, 5.74) is 3.53. The number of halogens is 2. The molecule has 110 valence electrons. The number of hydrogen-bond acceptors (Lipinski definition) is 1. The van der Waals surface area contributed by atoms with Crippen LogP contribution in [0.15, 0.2) is 46.9 Å². The molecular weight excluding hydrogens is 329 g/mol. The molecule has 21 heavy (non-hydrogen) atoms. The lowest BCUT2D eigenvalue weighted by Gasteiger charge is -2.27. The molecular formula is C18H19BrFN. The molecule has 0 saturated heterocycles. The highest BCUT2D eigenvalue weighted by atomic mass is 79.9. The molecule has 0 heterocycles. The Kier molecular flexibility index (Phi) is 4.41. The van der Waals surface area contributed by atoms with E-state index in [0.29, 0.717) is 10.4 Å². The van der Waals surface area contributed by atoms with Gasteiger partial charge in [-0.2, -0.15) is 0 Å². The summed E-state index contributed by atoms with van der Waals surface area (Å²) in [4.78, 5) is 0. The summed E-state index contributed by atoms with van der Waals surface area (Å²) in [6.07, 6.45) is 3.91. The molecule has 0 aliphatic heterocycles. The van der Waals surface area contributed by atoms with Crippen molar-refractivity contribution in [2.24, 2.45) is 0 Å². The van der Waals surface area contributed by atoms with Crippen LogP contribution in [0.25, 0.3) is 0 Å². The SMILES string of the molecule is CNC(c1cccc(C2CCC2)c1)c1cccc(F)c1Br. The van der Waals surface area contributed by atoms with Crippen molar-refractivity contribution in [2.75, 3.05) is 7.05 Å². The van der Waals surface area contributed by atoms with Crippen LogP contribution in [-0.2, 0) is 0 Å². The van der Waals surface area contributed by atoms with Crippen molar-refractivity contribution < 1.29 is 4.39 Å². The fourth-order valence-corrected chi connectivity index (χ4v) is 3.47. The van der Waals surface area contributed by atoms with Crippen molar-refractivity contribution >= 4 is 15.9 Å². The van der Waals surface area contributed by atoms with Gasteiger partial charge in [-0.25, -0.2) is 4.39 Å². The fraction of sp³-hybridized carbons (Fsp3) is 0.333. The first-order valence-electron chi connectivity index (χ1n) is 7.41. The molecule has 0 radical (unpaired) electrons. The first-order chi connectivity index (χ1) is 10.2. The number of rotatable bonds is 4. The molecule has 0 aromatic heterocycles. The Hall–Kier alpha value is -1.19. The Morgan fingerprint density at radius 3 is 2.62 bits per heavy atom. The van der Waals surface area contributed by atoms with E-state index in [4.69, 9.17) is 0 Å². The topological polar surface area (TPSA) is 12.0 Å². The molecule has 0 amide bonds. The van der Waals surface area contributed by atoms with Crippen LogP contribution in [0.4, 0.5) is 4.39 Å². The lowest BCUT2D eigenvalue weighted by molar-refractivity contribution is 0.419. The number of nitrogens with one attached hydrogen (secondary N) is 1. The van der Waals surface area contributed by atoms with Gasteiger partial charge in [0.25, 0.3) is 0 Å². The van der Waals surface area contributed by atoms with Crippen LogP contribution in [0.3, 0.4) is 0 Å². The van der Waals surface area contributed by atoms with E-state index in [1.807, 2.05) is 13.1 Å². The summed E-state index contributed by atoms with van der Waals surface area (Å²) >= 11 is 3.38. The molecule has 1 aliphatic carbocycles. The molecule has 2 aromatic carbocycles. The second-order valence-corrected chi connectivity index (χ2v) is 6.46. The standard InChI is InChI=1S/C18H19BrFN/c1-21-18(15-9-4-10-16(20)17(15)19)14-8-3-7-13(11-14)12-5-2-6-12/h3-4,7-12,18,21H,2,5-6H2,1H3. The van der Waals surface area contributed by atoms with Gasteiger partial charge in [-0.3, -0.25) is 0 Å². The highest BCUT2D eigenvalue weighted by molar-refractivity contribution is 9.10. The highest BCUT2D eigenvalue weighted by Gasteiger charge is 2.22. The average molecular weight is 348 g/mol. The Labute approximate surface area is 133 Å². The molecule has 1 fully saturated rings. The van der Waals surface area contributed by atoms with E-state index < -0.39 is 0 Å². The van der Waals surface area contributed by atoms with Crippen LogP contribution in [0.1, 0.15) is 47.9 Å². The van der Waals surface area contributed by atoms with Crippen LogP contribution in [0.5, 0.6) is 0 Å². The van der Waals surface area contributed by atoms with Crippen molar-refractivity contribution in [3.63, 3.8) is 0 Å².